The first-order valence-electron chi connectivity index (χ1n) is 0. The molecule has 0 aromatic heterocycles. The van der Waals surface area contributed by atoms with Crippen LogP contribution in [0.15, 0.2) is 0 Å². The van der Waals surface area contributed by atoms with Gasteiger partial charge in [-0.1, -0.05) is 0 Å². The van der Waals surface area contributed by atoms with E-state index in [0.717, 1.165) is 0 Å². The number of halogens is 4. The van der Waals surface area contributed by atoms with Crippen molar-refractivity contribution >= 4 is 49.6 Å². The van der Waals surface area contributed by atoms with Gasteiger partial charge in [0.1, 0.15) is 0 Å². The van der Waals surface area contributed by atoms with Gasteiger partial charge < -0.3 is 24.6 Å². The molecule has 4 nitrogen and oxygen atoms in total. The van der Waals surface area contributed by atoms with Gasteiger partial charge in [-0.05, 0) is 0 Å². The van der Waals surface area contributed by atoms with Crippen LogP contribution < -0.4 is 24.6 Å². The lowest BCUT2D eigenvalue weighted by Gasteiger charge is -0.345. The minimum absolute atomic E-state index is 0. The third kappa shape index (κ3) is 252. The summed E-state index contributed by atoms with van der Waals surface area (Å²) < 4.78 is 0. The fourth-order valence-corrected chi connectivity index (χ4v) is 0. The third-order valence-corrected chi connectivity index (χ3v) is 0. The SMILES string of the molecule is Cl.Cl.Cl.Cl.N.N.N.N. The van der Waals surface area contributed by atoms with Crippen LogP contribution in [-0.4, -0.2) is 0 Å². The van der Waals surface area contributed by atoms with Crippen LogP contribution >= 0.6 is 49.6 Å². The Hall–Kier alpha value is 1.000. The van der Waals surface area contributed by atoms with Crippen molar-refractivity contribution in [3.8, 4) is 0 Å². The predicted octanol–water partition coefficient (Wildman–Crippen LogP) is 2.34. The van der Waals surface area contributed by atoms with E-state index in [4.69, 9.17) is 0 Å². The van der Waals surface area contributed by atoms with Crippen LogP contribution in [0.5, 0.6) is 0 Å². The molecule has 12 N–H and O–H groups in total. The van der Waals surface area contributed by atoms with Crippen LogP contribution in [-0.2, 0) is 0 Å². The van der Waals surface area contributed by atoms with Crippen LogP contribution in [0.2, 0.25) is 0 Å². The lowest BCUT2D eigenvalue weighted by Crippen LogP contribution is -0.482. The maximum Gasteiger partial charge on any atom is -0.147 e. The van der Waals surface area contributed by atoms with E-state index in [-0.39, 0.29) is 74.2 Å². The van der Waals surface area contributed by atoms with Crippen LogP contribution in [0, 0.1) is 0 Å². The van der Waals surface area contributed by atoms with Gasteiger partial charge in [0.2, 0.25) is 0 Å². The van der Waals surface area contributed by atoms with Crippen molar-refractivity contribution in [3.63, 3.8) is 0 Å². The summed E-state index contributed by atoms with van der Waals surface area (Å²) in [6.07, 6.45) is 0. The molecule has 0 radical (unpaired) electrons. The van der Waals surface area contributed by atoms with Gasteiger partial charge in [-0.3, -0.25) is 0 Å². The molecular weight excluding hydrogens is 198 g/mol. The number of hydrogen-bond acceptors (Lipinski definition) is 4. The van der Waals surface area contributed by atoms with E-state index in [0.29, 0.717) is 0 Å². The predicted molar refractivity (Wildman–Crippen MR) is 49.1 cm³/mol. The molecule has 8 heavy (non-hydrogen) atoms. The molecule has 0 saturated heterocycles. The van der Waals surface area contributed by atoms with Gasteiger partial charge in [0, 0.05) is 0 Å². The van der Waals surface area contributed by atoms with E-state index in [1.54, 1.807) is 0 Å². The zero-order chi connectivity index (χ0) is 0. The molecular formula is H16Cl4N4. The molecule has 0 spiro atoms. The molecule has 0 aliphatic heterocycles. The summed E-state index contributed by atoms with van der Waals surface area (Å²) in [6.45, 7) is 0. The molecule has 0 aromatic rings. The van der Waals surface area contributed by atoms with Gasteiger partial charge in [0.25, 0.3) is 0 Å². The highest BCUT2D eigenvalue weighted by atomic mass is 35.5. The summed E-state index contributed by atoms with van der Waals surface area (Å²) >= 11 is 0. The Bertz CT molecular complexity index is 8.00. The molecule has 0 heterocycles. The first-order valence-corrected chi connectivity index (χ1v) is 0. The second-order valence-electron chi connectivity index (χ2n) is 0. The molecule has 0 unspecified atom stereocenters. The van der Waals surface area contributed by atoms with Crippen molar-refractivity contribution in [2.24, 2.45) is 0 Å². The van der Waals surface area contributed by atoms with Gasteiger partial charge in [0.15, 0.2) is 0 Å². The average molecular weight is 214 g/mol. The average Bonchev–Trinajstić information content (AvgIpc) is 0. The van der Waals surface area contributed by atoms with E-state index in [2.05, 4.69) is 0 Å². The molecule has 0 aliphatic rings. The molecule has 64 valence electrons. The molecule has 0 fully saturated rings. The van der Waals surface area contributed by atoms with Gasteiger partial charge in [0.05, 0.1) is 0 Å². The smallest absolute Gasteiger partial charge is 0.147 e. The molecule has 0 aliphatic carbocycles. The fourth-order valence-electron chi connectivity index (χ4n) is 0. The Kier molecular flexibility index (Phi) is 28200. The minimum Gasteiger partial charge on any atom is -0.344 e. The second-order valence-corrected chi connectivity index (χ2v) is 0. The Morgan fingerprint density at radius 2 is 0.250 bits per heavy atom. The third-order valence-electron chi connectivity index (χ3n) is 0. The quantitative estimate of drug-likeness (QED) is 0.490. The van der Waals surface area contributed by atoms with Crippen molar-refractivity contribution < 1.29 is 0 Å². The molecule has 8 heteroatoms. The molecule has 0 saturated carbocycles. The topological polar surface area (TPSA) is 140 Å². The van der Waals surface area contributed by atoms with Gasteiger partial charge in [-0.2, -0.15) is 0 Å². The van der Waals surface area contributed by atoms with Crippen molar-refractivity contribution in [1.29, 1.82) is 0 Å². The van der Waals surface area contributed by atoms with Gasteiger partial charge in [-0.15, -0.1) is 49.6 Å². The van der Waals surface area contributed by atoms with E-state index in [1.807, 2.05) is 0 Å². The molecule has 0 bridgehead atoms. The van der Waals surface area contributed by atoms with Gasteiger partial charge >= 0.3 is 0 Å². The van der Waals surface area contributed by atoms with Crippen molar-refractivity contribution in [2.45, 2.75) is 0 Å². The summed E-state index contributed by atoms with van der Waals surface area (Å²) in [5, 5.41) is 0. The summed E-state index contributed by atoms with van der Waals surface area (Å²) in [7, 11) is 0. The minimum atomic E-state index is 0. The fraction of sp³-hybridized carbons (Fsp3) is 0. The van der Waals surface area contributed by atoms with E-state index >= 15 is 0 Å². The highest BCUT2D eigenvalue weighted by molar-refractivity contribution is 5.86. The summed E-state index contributed by atoms with van der Waals surface area (Å²) in [4.78, 5) is 0. The number of rotatable bonds is 0. The highest BCUT2D eigenvalue weighted by Crippen LogP contribution is 0.693. The van der Waals surface area contributed by atoms with Crippen LogP contribution in [0.4, 0.5) is 0 Å². The highest BCUT2D eigenvalue weighted by Gasteiger charge is -0.144. The monoisotopic (exact) mass is 212 g/mol. The van der Waals surface area contributed by atoms with Crippen LogP contribution in [0.3, 0.4) is 0 Å². The zero-order valence-corrected chi connectivity index (χ0v) is 7.73. The van der Waals surface area contributed by atoms with Crippen LogP contribution in [0.1, 0.15) is 0 Å². The molecule has 0 atom stereocenters. The van der Waals surface area contributed by atoms with Crippen molar-refractivity contribution in [3.05, 3.63) is 0 Å². The zero-order valence-electron chi connectivity index (χ0n) is 4.46. The molecule has 0 amide bonds. The number of hydrogen-bond donors (Lipinski definition) is 4. The van der Waals surface area contributed by atoms with Crippen LogP contribution in [0.25, 0.3) is 0 Å². The van der Waals surface area contributed by atoms with Crippen molar-refractivity contribution in [1.82, 2.24) is 24.6 Å². The summed E-state index contributed by atoms with van der Waals surface area (Å²) in [6, 6.07) is 0. The van der Waals surface area contributed by atoms with E-state index in [9.17, 15) is 0 Å². The Morgan fingerprint density at radius 1 is 0.250 bits per heavy atom. The lowest BCUT2D eigenvalue weighted by molar-refractivity contribution is 2.13. The maximum absolute atomic E-state index is 0. The Morgan fingerprint density at radius 3 is 0.250 bits per heavy atom. The van der Waals surface area contributed by atoms with Crippen molar-refractivity contribution in [2.75, 3.05) is 0 Å². The second kappa shape index (κ2) is 392. The molecule has 0 rings (SSSR count). The largest absolute Gasteiger partial charge is 0.344 e. The normalized spacial score (nSPS) is 0. The first-order chi connectivity index (χ1) is 0. The Balaban J connectivity index is 0. The maximum atomic E-state index is 0. The summed E-state index contributed by atoms with van der Waals surface area (Å²) in [5.41, 5.74) is 0. The molecule has 0 aromatic carbocycles. The van der Waals surface area contributed by atoms with Gasteiger partial charge in [-0.25, -0.2) is 0 Å². The summed E-state index contributed by atoms with van der Waals surface area (Å²) in [5.74, 6) is 0. The lowest BCUT2D eigenvalue weighted by atomic mass is 14.0. The van der Waals surface area contributed by atoms with E-state index < -0.39 is 0 Å². The van der Waals surface area contributed by atoms with E-state index in [1.165, 1.54) is 0 Å². The standard InChI is InChI=1S/4ClH.4H3N/h4*1H;4*1H3. The first kappa shape index (κ1) is 576. The Labute approximate surface area is 74.5 Å².